The topological polar surface area (TPSA) is 116 Å². The largest absolute Gasteiger partial charge is 0.462 e. The van der Waals surface area contributed by atoms with Gasteiger partial charge in [-0.05, 0) is 37.6 Å². The monoisotopic (exact) mass is 452 g/mol. The molecule has 11 heteroatoms. The third-order valence-corrected chi connectivity index (χ3v) is 6.22. The van der Waals surface area contributed by atoms with E-state index in [0.29, 0.717) is 26.0 Å². The molecule has 8 nitrogen and oxygen atoms in total. The number of ether oxygens (including phenoxy) is 1. The molecule has 152 valence electrons. The molecule has 0 unspecified atom stereocenters. The number of anilines is 1. The minimum absolute atomic E-state index is 0.0171. The number of carbonyl (C=O) groups is 2. The molecular weight excluding hydrogens is 436 g/mol. The number of carbonyl (C=O) groups excluding carboxylic acids is 2. The molecule has 3 aromatic rings. The Morgan fingerprint density at radius 1 is 1.41 bits per heavy atom. The van der Waals surface area contributed by atoms with Crippen LogP contribution >= 0.6 is 34.7 Å². The Bertz CT molecular complexity index is 1160. The Balaban J connectivity index is 1.82. The predicted molar refractivity (Wildman–Crippen MR) is 116 cm³/mol. The summed E-state index contributed by atoms with van der Waals surface area (Å²) >= 11 is 7.98. The summed E-state index contributed by atoms with van der Waals surface area (Å²) in [7, 11) is 0. The number of thiophene rings is 1. The molecule has 0 radical (unpaired) electrons. The van der Waals surface area contributed by atoms with Crippen LogP contribution in [0.1, 0.15) is 22.2 Å². The summed E-state index contributed by atoms with van der Waals surface area (Å²) in [5.41, 5.74) is 0.553. The van der Waals surface area contributed by atoms with Crippen molar-refractivity contribution in [3.63, 3.8) is 0 Å². The van der Waals surface area contributed by atoms with Crippen LogP contribution in [0.5, 0.6) is 0 Å². The van der Waals surface area contributed by atoms with E-state index < -0.39 is 11.5 Å². The summed E-state index contributed by atoms with van der Waals surface area (Å²) in [4.78, 5) is 42.0. The van der Waals surface area contributed by atoms with Crippen LogP contribution in [0.15, 0.2) is 34.2 Å². The van der Waals surface area contributed by atoms with E-state index in [-0.39, 0.29) is 28.8 Å². The smallest absolute Gasteiger partial charge is 0.348 e. The van der Waals surface area contributed by atoms with Gasteiger partial charge < -0.3 is 15.9 Å². The summed E-state index contributed by atoms with van der Waals surface area (Å²) < 4.78 is 5.90. The van der Waals surface area contributed by atoms with E-state index in [0.717, 1.165) is 27.8 Å². The molecule has 29 heavy (non-hydrogen) atoms. The van der Waals surface area contributed by atoms with Crippen molar-refractivity contribution in [2.45, 2.75) is 19.0 Å². The second kappa shape index (κ2) is 8.85. The number of fused-ring (bicyclic) bond motifs is 1. The number of esters is 1. The number of nitrogen functional groups attached to an aromatic ring is 1. The summed E-state index contributed by atoms with van der Waals surface area (Å²) in [5, 5.41) is 3.65. The fourth-order valence-electron chi connectivity index (χ4n) is 2.56. The van der Waals surface area contributed by atoms with Gasteiger partial charge in [-0.2, -0.15) is 0 Å². The lowest BCUT2D eigenvalue weighted by Gasteiger charge is -2.08. The molecule has 2 aromatic heterocycles. The van der Waals surface area contributed by atoms with Gasteiger partial charge in [0, 0.05) is 10.7 Å². The molecular formula is C18H17ClN4O4S2. The lowest BCUT2D eigenvalue weighted by Crippen LogP contribution is -2.30. The van der Waals surface area contributed by atoms with E-state index in [1.165, 1.54) is 0 Å². The lowest BCUT2D eigenvalue weighted by molar-refractivity contribution is -0.113. The molecule has 0 aliphatic heterocycles. The molecule has 0 saturated heterocycles. The first-order valence-electron chi connectivity index (χ1n) is 8.48. The Labute approximate surface area is 179 Å². The third-order valence-electron chi connectivity index (χ3n) is 3.87. The maximum absolute atomic E-state index is 12.7. The fourth-order valence-corrected chi connectivity index (χ4v) is 4.59. The summed E-state index contributed by atoms with van der Waals surface area (Å²) in [6.07, 6.45) is 0. The van der Waals surface area contributed by atoms with Crippen molar-refractivity contribution >= 4 is 62.5 Å². The van der Waals surface area contributed by atoms with Gasteiger partial charge in [-0.25, -0.2) is 14.5 Å². The molecule has 3 rings (SSSR count). The maximum Gasteiger partial charge on any atom is 0.348 e. The van der Waals surface area contributed by atoms with Gasteiger partial charge in [0.05, 0.1) is 17.7 Å². The maximum atomic E-state index is 12.7. The van der Waals surface area contributed by atoms with Gasteiger partial charge in [-0.15, -0.1) is 11.3 Å². The van der Waals surface area contributed by atoms with Crippen LogP contribution in [0.3, 0.4) is 0 Å². The number of thioether (sulfide) groups is 1. The van der Waals surface area contributed by atoms with Crippen LogP contribution in [0, 0.1) is 6.92 Å². The van der Waals surface area contributed by atoms with Crippen molar-refractivity contribution in [3.8, 4) is 0 Å². The lowest BCUT2D eigenvalue weighted by atomic mass is 10.2. The molecule has 0 aliphatic carbocycles. The second-order valence-corrected chi connectivity index (χ2v) is 8.25. The van der Waals surface area contributed by atoms with E-state index in [1.54, 1.807) is 38.1 Å². The van der Waals surface area contributed by atoms with Gasteiger partial charge in [0.15, 0.2) is 5.16 Å². The van der Waals surface area contributed by atoms with E-state index >= 15 is 0 Å². The Hall–Kier alpha value is -2.56. The van der Waals surface area contributed by atoms with Crippen LogP contribution in [0.4, 0.5) is 5.69 Å². The van der Waals surface area contributed by atoms with Crippen molar-refractivity contribution < 1.29 is 14.3 Å². The molecule has 1 aromatic carbocycles. The number of benzene rings is 1. The van der Waals surface area contributed by atoms with Crippen LogP contribution in [-0.2, 0) is 9.53 Å². The quantitative estimate of drug-likeness (QED) is 0.255. The van der Waals surface area contributed by atoms with Gasteiger partial charge in [0.2, 0.25) is 5.91 Å². The average molecular weight is 453 g/mol. The fraction of sp³-hybridized carbons (Fsp3) is 0.222. The van der Waals surface area contributed by atoms with Crippen LogP contribution in [-0.4, -0.2) is 33.9 Å². The third kappa shape index (κ3) is 4.55. The van der Waals surface area contributed by atoms with E-state index in [2.05, 4.69) is 10.3 Å². The van der Waals surface area contributed by atoms with Crippen molar-refractivity contribution in [2.75, 3.05) is 23.5 Å². The zero-order valence-corrected chi connectivity index (χ0v) is 17.9. The van der Waals surface area contributed by atoms with Crippen LogP contribution < -0.4 is 16.7 Å². The second-order valence-electron chi connectivity index (χ2n) is 5.87. The number of aryl methyl sites for hydroxylation is 1. The van der Waals surface area contributed by atoms with E-state index in [1.807, 2.05) is 0 Å². The number of nitrogens with two attached hydrogens (primary N) is 1. The number of nitrogens with zero attached hydrogens (tertiary/aromatic N) is 2. The molecule has 0 spiro atoms. The Morgan fingerprint density at radius 2 is 2.17 bits per heavy atom. The normalized spacial score (nSPS) is 10.9. The number of hydrogen-bond donors (Lipinski definition) is 2. The number of rotatable bonds is 6. The number of halogens is 1. The number of hydrogen-bond acceptors (Lipinski definition) is 8. The van der Waals surface area contributed by atoms with Crippen molar-refractivity contribution in [1.82, 2.24) is 9.66 Å². The minimum Gasteiger partial charge on any atom is -0.462 e. The van der Waals surface area contributed by atoms with Gasteiger partial charge in [0.25, 0.3) is 5.56 Å². The highest BCUT2D eigenvalue weighted by molar-refractivity contribution is 7.99. The standard InChI is InChI=1S/C18H17ClN4O4S2/c1-3-27-17(26)14-9(2)13-15(29-14)22-18(23(20)16(13)25)28-8-12(24)21-11-6-4-5-10(19)7-11/h4-7H,3,8,20H2,1-2H3,(H,21,24). The minimum atomic E-state index is -0.508. The average Bonchev–Trinajstić information content (AvgIpc) is 3.00. The highest BCUT2D eigenvalue weighted by Crippen LogP contribution is 2.29. The van der Waals surface area contributed by atoms with Crippen molar-refractivity contribution in [2.24, 2.45) is 0 Å². The predicted octanol–water partition coefficient (Wildman–Crippen LogP) is 3.04. The first-order valence-corrected chi connectivity index (χ1v) is 10.7. The molecule has 0 bridgehead atoms. The molecule has 1 amide bonds. The molecule has 0 aliphatic rings. The summed E-state index contributed by atoms with van der Waals surface area (Å²) in [6, 6.07) is 6.76. The zero-order valence-electron chi connectivity index (χ0n) is 15.5. The zero-order chi connectivity index (χ0) is 21.1. The van der Waals surface area contributed by atoms with Gasteiger partial charge in [0.1, 0.15) is 9.71 Å². The molecule has 0 saturated carbocycles. The van der Waals surface area contributed by atoms with Gasteiger partial charge in [-0.3, -0.25) is 9.59 Å². The summed E-state index contributed by atoms with van der Waals surface area (Å²) in [5.74, 6) is 5.05. The number of nitrogens with one attached hydrogen (secondary N) is 1. The van der Waals surface area contributed by atoms with Crippen molar-refractivity contribution in [3.05, 3.63) is 50.1 Å². The van der Waals surface area contributed by atoms with Gasteiger partial charge in [-0.1, -0.05) is 29.4 Å². The Morgan fingerprint density at radius 3 is 2.86 bits per heavy atom. The molecule has 3 N–H and O–H groups in total. The van der Waals surface area contributed by atoms with E-state index in [4.69, 9.17) is 22.2 Å². The highest BCUT2D eigenvalue weighted by Gasteiger charge is 2.22. The van der Waals surface area contributed by atoms with Crippen LogP contribution in [0.2, 0.25) is 5.02 Å². The van der Waals surface area contributed by atoms with E-state index in [9.17, 15) is 14.4 Å². The Kier molecular flexibility index (Phi) is 6.46. The SMILES string of the molecule is CCOC(=O)c1sc2nc(SCC(=O)Nc3cccc(Cl)c3)n(N)c(=O)c2c1C. The highest BCUT2D eigenvalue weighted by atomic mass is 35.5. The van der Waals surface area contributed by atoms with Gasteiger partial charge >= 0.3 is 5.97 Å². The first kappa shape index (κ1) is 21.2. The number of amides is 1. The summed E-state index contributed by atoms with van der Waals surface area (Å²) in [6.45, 7) is 3.58. The first-order chi connectivity index (χ1) is 13.8. The van der Waals surface area contributed by atoms with Crippen molar-refractivity contribution in [1.29, 1.82) is 0 Å². The molecule has 0 atom stereocenters. The molecule has 0 fully saturated rings. The number of aromatic nitrogens is 2. The molecule has 2 heterocycles. The van der Waals surface area contributed by atoms with Crippen LogP contribution in [0.25, 0.3) is 10.2 Å².